The number of nitrogens with zero attached hydrogens (tertiary/aromatic N) is 2. The largest absolute Gasteiger partial charge is 0.341 e. The molecule has 0 spiro atoms. The second-order valence-corrected chi connectivity index (χ2v) is 5.35. The maximum Gasteiger partial charge on any atom is 0.313 e. The Bertz CT molecular complexity index is 880. The standard InChI is InChI=1S/C18H16N4O2/c1-12(14-5-2-8-19-11-14)21-17(23)18(24)22-15-6-7-16-13(10-15)4-3-9-20-16/h2-12H,1H3,(H,21,23)(H,22,24)/t12-/m1/s1. The fourth-order valence-electron chi connectivity index (χ4n) is 2.32. The zero-order valence-electron chi connectivity index (χ0n) is 13.1. The molecule has 0 saturated carbocycles. The molecule has 0 saturated heterocycles. The minimum absolute atomic E-state index is 0.308. The number of carbonyl (C=O) groups is 2. The molecular formula is C18H16N4O2. The van der Waals surface area contributed by atoms with Gasteiger partial charge in [-0.05, 0) is 42.8 Å². The minimum atomic E-state index is -0.714. The van der Waals surface area contributed by atoms with Crippen molar-refractivity contribution in [1.82, 2.24) is 15.3 Å². The lowest BCUT2D eigenvalue weighted by Crippen LogP contribution is -2.36. The molecule has 2 amide bonds. The number of fused-ring (bicyclic) bond motifs is 1. The van der Waals surface area contributed by atoms with Crippen LogP contribution in [0, 0.1) is 0 Å². The lowest BCUT2D eigenvalue weighted by atomic mass is 10.1. The van der Waals surface area contributed by atoms with Crippen LogP contribution in [0.25, 0.3) is 10.9 Å². The number of aromatic nitrogens is 2. The van der Waals surface area contributed by atoms with Crippen LogP contribution >= 0.6 is 0 Å². The van der Waals surface area contributed by atoms with Gasteiger partial charge in [0.15, 0.2) is 0 Å². The SMILES string of the molecule is C[C@@H](NC(=O)C(=O)Nc1ccc2ncccc2c1)c1cccnc1. The van der Waals surface area contributed by atoms with E-state index < -0.39 is 11.8 Å². The van der Waals surface area contributed by atoms with Crippen molar-refractivity contribution < 1.29 is 9.59 Å². The van der Waals surface area contributed by atoms with Gasteiger partial charge in [0.2, 0.25) is 0 Å². The van der Waals surface area contributed by atoms with Crippen molar-refractivity contribution in [3.8, 4) is 0 Å². The van der Waals surface area contributed by atoms with Gasteiger partial charge in [0.1, 0.15) is 0 Å². The number of benzene rings is 1. The van der Waals surface area contributed by atoms with Crippen molar-refractivity contribution in [2.45, 2.75) is 13.0 Å². The molecule has 0 bridgehead atoms. The van der Waals surface area contributed by atoms with Crippen LogP contribution in [0.4, 0.5) is 5.69 Å². The van der Waals surface area contributed by atoms with E-state index in [2.05, 4.69) is 20.6 Å². The van der Waals surface area contributed by atoms with Crippen LogP contribution in [0.15, 0.2) is 61.1 Å². The molecule has 0 radical (unpaired) electrons. The molecule has 0 unspecified atom stereocenters. The highest BCUT2D eigenvalue weighted by Gasteiger charge is 2.17. The molecule has 0 aliphatic carbocycles. The molecule has 6 heteroatoms. The number of pyridine rings is 2. The van der Waals surface area contributed by atoms with Crippen LogP contribution in [0.1, 0.15) is 18.5 Å². The molecule has 6 nitrogen and oxygen atoms in total. The highest BCUT2D eigenvalue weighted by Crippen LogP contribution is 2.17. The Morgan fingerprint density at radius 1 is 1.04 bits per heavy atom. The van der Waals surface area contributed by atoms with Gasteiger partial charge in [-0.15, -0.1) is 0 Å². The number of nitrogens with one attached hydrogen (secondary N) is 2. The fraction of sp³-hybridized carbons (Fsp3) is 0.111. The molecule has 1 atom stereocenters. The average Bonchev–Trinajstić information content (AvgIpc) is 2.62. The smallest absolute Gasteiger partial charge is 0.313 e. The zero-order chi connectivity index (χ0) is 16.9. The molecule has 2 N–H and O–H groups in total. The number of anilines is 1. The first-order valence-electron chi connectivity index (χ1n) is 7.50. The van der Waals surface area contributed by atoms with E-state index in [4.69, 9.17) is 0 Å². The van der Waals surface area contributed by atoms with E-state index in [-0.39, 0.29) is 6.04 Å². The third kappa shape index (κ3) is 3.55. The van der Waals surface area contributed by atoms with E-state index in [0.717, 1.165) is 16.5 Å². The molecule has 0 fully saturated rings. The maximum absolute atomic E-state index is 12.1. The summed E-state index contributed by atoms with van der Waals surface area (Å²) >= 11 is 0. The van der Waals surface area contributed by atoms with Crippen LogP contribution in [0.2, 0.25) is 0 Å². The highest BCUT2D eigenvalue weighted by atomic mass is 16.2. The van der Waals surface area contributed by atoms with Gasteiger partial charge in [0, 0.05) is 29.7 Å². The van der Waals surface area contributed by atoms with E-state index >= 15 is 0 Å². The second-order valence-electron chi connectivity index (χ2n) is 5.35. The van der Waals surface area contributed by atoms with Gasteiger partial charge >= 0.3 is 11.8 Å². The molecule has 3 rings (SSSR count). The minimum Gasteiger partial charge on any atom is -0.341 e. The van der Waals surface area contributed by atoms with Crippen LogP contribution in [-0.4, -0.2) is 21.8 Å². The maximum atomic E-state index is 12.1. The number of hydrogen-bond donors (Lipinski definition) is 2. The number of rotatable bonds is 3. The molecule has 120 valence electrons. The lowest BCUT2D eigenvalue weighted by molar-refractivity contribution is -0.136. The molecule has 0 aliphatic rings. The van der Waals surface area contributed by atoms with Crippen molar-refractivity contribution in [2.75, 3.05) is 5.32 Å². The molecule has 2 heterocycles. The van der Waals surface area contributed by atoms with Gasteiger partial charge in [-0.2, -0.15) is 0 Å². The summed E-state index contributed by atoms with van der Waals surface area (Å²) in [6, 6.07) is 12.3. The molecular weight excluding hydrogens is 304 g/mol. The van der Waals surface area contributed by atoms with E-state index in [1.807, 2.05) is 18.2 Å². The van der Waals surface area contributed by atoms with Crippen molar-refractivity contribution in [1.29, 1.82) is 0 Å². The Hall–Kier alpha value is -3.28. The Balaban J connectivity index is 1.66. The second kappa shape index (κ2) is 6.87. The highest BCUT2D eigenvalue weighted by molar-refractivity contribution is 6.39. The summed E-state index contributed by atoms with van der Waals surface area (Å²) in [7, 11) is 0. The third-order valence-corrected chi connectivity index (χ3v) is 3.60. The van der Waals surface area contributed by atoms with Crippen molar-refractivity contribution in [3.63, 3.8) is 0 Å². The van der Waals surface area contributed by atoms with Gasteiger partial charge in [-0.25, -0.2) is 0 Å². The van der Waals surface area contributed by atoms with Crippen LogP contribution in [0.3, 0.4) is 0 Å². The van der Waals surface area contributed by atoms with E-state index in [1.54, 1.807) is 49.8 Å². The quantitative estimate of drug-likeness (QED) is 0.726. The Morgan fingerprint density at radius 3 is 2.67 bits per heavy atom. The van der Waals surface area contributed by atoms with Crippen molar-refractivity contribution in [3.05, 3.63) is 66.6 Å². The van der Waals surface area contributed by atoms with E-state index in [1.165, 1.54) is 0 Å². The molecule has 24 heavy (non-hydrogen) atoms. The van der Waals surface area contributed by atoms with Crippen LogP contribution in [0.5, 0.6) is 0 Å². The Labute approximate surface area is 138 Å². The topological polar surface area (TPSA) is 84.0 Å². The molecule has 3 aromatic rings. The van der Waals surface area contributed by atoms with Crippen molar-refractivity contribution in [2.24, 2.45) is 0 Å². The predicted molar refractivity (Wildman–Crippen MR) is 91.2 cm³/mol. The predicted octanol–water partition coefficient (Wildman–Crippen LogP) is 2.45. The first kappa shape index (κ1) is 15.6. The molecule has 2 aromatic heterocycles. The monoisotopic (exact) mass is 320 g/mol. The summed E-state index contributed by atoms with van der Waals surface area (Å²) < 4.78 is 0. The number of hydrogen-bond acceptors (Lipinski definition) is 4. The normalized spacial score (nSPS) is 11.7. The van der Waals surface area contributed by atoms with Crippen molar-refractivity contribution >= 4 is 28.4 Å². The van der Waals surface area contributed by atoms with Gasteiger partial charge in [0.25, 0.3) is 0 Å². The summed E-state index contributed by atoms with van der Waals surface area (Å²) in [5.41, 5.74) is 2.20. The first-order chi connectivity index (χ1) is 11.6. The molecule has 0 aliphatic heterocycles. The van der Waals surface area contributed by atoms with Gasteiger partial charge in [0.05, 0.1) is 11.6 Å². The van der Waals surface area contributed by atoms with E-state index in [9.17, 15) is 9.59 Å². The van der Waals surface area contributed by atoms with Gasteiger partial charge < -0.3 is 10.6 Å². The molecule has 1 aromatic carbocycles. The lowest BCUT2D eigenvalue weighted by Gasteiger charge is -2.13. The summed E-state index contributed by atoms with van der Waals surface area (Å²) in [6.45, 7) is 1.80. The summed E-state index contributed by atoms with van der Waals surface area (Å²) in [5, 5.41) is 6.13. The van der Waals surface area contributed by atoms with Gasteiger partial charge in [-0.3, -0.25) is 19.6 Å². The fourth-order valence-corrected chi connectivity index (χ4v) is 2.32. The Morgan fingerprint density at radius 2 is 1.88 bits per heavy atom. The summed E-state index contributed by atoms with van der Waals surface area (Å²) in [6.07, 6.45) is 5.01. The van der Waals surface area contributed by atoms with Gasteiger partial charge in [-0.1, -0.05) is 12.1 Å². The Kier molecular flexibility index (Phi) is 4.47. The van der Waals surface area contributed by atoms with E-state index in [0.29, 0.717) is 5.69 Å². The number of carbonyl (C=O) groups excluding carboxylic acids is 2. The first-order valence-corrected chi connectivity index (χ1v) is 7.50. The average molecular weight is 320 g/mol. The summed E-state index contributed by atoms with van der Waals surface area (Å²) in [5.74, 6) is -1.41. The van der Waals surface area contributed by atoms with Crippen LogP contribution < -0.4 is 10.6 Å². The number of amides is 2. The van der Waals surface area contributed by atoms with Crippen LogP contribution in [-0.2, 0) is 9.59 Å². The summed E-state index contributed by atoms with van der Waals surface area (Å²) in [4.78, 5) is 32.3. The third-order valence-electron chi connectivity index (χ3n) is 3.60. The zero-order valence-corrected chi connectivity index (χ0v) is 13.1.